The number of amides is 2. The van der Waals surface area contributed by atoms with Gasteiger partial charge in [-0.2, -0.15) is 0 Å². The van der Waals surface area contributed by atoms with Crippen LogP contribution in [0.4, 0.5) is 8.78 Å². The summed E-state index contributed by atoms with van der Waals surface area (Å²) in [6, 6.07) is 13.8. The summed E-state index contributed by atoms with van der Waals surface area (Å²) in [5, 5.41) is 3.27. The normalized spacial score (nSPS) is 14.8. The van der Waals surface area contributed by atoms with Crippen molar-refractivity contribution in [3.05, 3.63) is 94.9 Å². The lowest BCUT2D eigenvalue weighted by atomic mass is 10.0. The number of benzene rings is 2. The molecule has 230 valence electrons. The van der Waals surface area contributed by atoms with Gasteiger partial charge in [0, 0.05) is 57.8 Å². The third kappa shape index (κ3) is 9.45. The molecule has 0 bridgehead atoms. The van der Waals surface area contributed by atoms with Gasteiger partial charge >= 0.3 is 5.97 Å². The molecular weight excluding hydrogens is 558 g/mol. The maximum Gasteiger partial charge on any atom is 0.306 e. The minimum atomic E-state index is -0.806. The van der Waals surface area contributed by atoms with Crippen LogP contribution >= 0.6 is 0 Å². The van der Waals surface area contributed by atoms with E-state index < -0.39 is 29.7 Å². The summed E-state index contributed by atoms with van der Waals surface area (Å²) in [7, 11) is 0. The van der Waals surface area contributed by atoms with E-state index in [0.717, 1.165) is 18.1 Å². The average Bonchev–Trinajstić information content (AvgIpc) is 3.54. The molecular formula is C32H38F2N4O5. The van der Waals surface area contributed by atoms with Crippen molar-refractivity contribution < 1.29 is 32.3 Å². The van der Waals surface area contributed by atoms with E-state index in [2.05, 4.69) is 18.3 Å². The van der Waals surface area contributed by atoms with E-state index in [1.807, 2.05) is 18.2 Å². The van der Waals surface area contributed by atoms with Gasteiger partial charge in [-0.15, -0.1) is 0 Å². The van der Waals surface area contributed by atoms with E-state index in [9.17, 15) is 23.2 Å². The smallest absolute Gasteiger partial charge is 0.306 e. The maximum absolute atomic E-state index is 13.8. The fourth-order valence-electron chi connectivity index (χ4n) is 5.04. The zero-order valence-corrected chi connectivity index (χ0v) is 24.3. The van der Waals surface area contributed by atoms with Gasteiger partial charge in [-0.1, -0.05) is 31.2 Å². The fourth-order valence-corrected chi connectivity index (χ4v) is 5.04. The predicted octanol–water partition coefficient (Wildman–Crippen LogP) is 3.46. The van der Waals surface area contributed by atoms with Gasteiger partial charge in [0.15, 0.2) is 5.76 Å². The first-order valence-electron chi connectivity index (χ1n) is 14.5. The number of esters is 1. The van der Waals surface area contributed by atoms with Crippen molar-refractivity contribution in [1.82, 2.24) is 15.1 Å². The van der Waals surface area contributed by atoms with Crippen LogP contribution in [0.3, 0.4) is 0 Å². The molecule has 1 aliphatic heterocycles. The Kier molecular flexibility index (Phi) is 11.4. The van der Waals surface area contributed by atoms with Crippen LogP contribution in [0.25, 0.3) is 0 Å². The third-order valence-corrected chi connectivity index (χ3v) is 7.42. The maximum atomic E-state index is 13.8. The summed E-state index contributed by atoms with van der Waals surface area (Å²) in [6.45, 7) is 4.21. The molecule has 11 heteroatoms. The lowest BCUT2D eigenvalue weighted by Gasteiger charge is -2.34. The molecule has 9 nitrogen and oxygen atoms in total. The van der Waals surface area contributed by atoms with Crippen LogP contribution in [-0.2, 0) is 33.7 Å². The third-order valence-electron chi connectivity index (χ3n) is 7.42. The summed E-state index contributed by atoms with van der Waals surface area (Å²) < 4.78 is 38.4. The van der Waals surface area contributed by atoms with Gasteiger partial charge in [-0.05, 0) is 53.8 Å². The van der Waals surface area contributed by atoms with Crippen LogP contribution in [-0.4, -0.2) is 72.5 Å². The number of ether oxygens (including phenoxy) is 1. The topological polar surface area (TPSA) is 118 Å². The second-order valence-corrected chi connectivity index (χ2v) is 10.6. The minimum Gasteiger partial charge on any atom is -0.459 e. The largest absolute Gasteiger partial charge is 0.459 e. The van der Waals surface area contributed by atoms with Crippen molar-refractivity contribution >= 4 is 17.8 Å². The standard InChI is InChI=1S/C32H38F2N4O5/c1-2-22-5-3-6-23(15-22)20-36-21-29(27(35)18-24-16-25(33)19-26(34)17-24)43-31(40)9-8-30(39)37-10-12-38(13-11-37)32(41)28-7-4-14-42-28/h3-7,14-17,19,27,29,36H,2,8-13,18,20-21,35H2,1H3/t27-,29+/m0/s1. The molecule has 0 unspecified atom stereocenters. The van der Waals surface area contributed by atoms with Gasteiger partial charge in [0.25, 0.3) is 5.91 Å². The molecule has 3 aromatic rings. The molecule has 2 amide bonds. The second-order valence-electron chi connectivity index (χ2n) is 10.6. The number of halogens is 2. The number of carbonyl (C=O) groups excluding carboxylic acids is 3. The first-order valence-corrected chi connectivity index (χ1v) is 14.5. The Balaban J connectivity index is 1.29. The number of carbonyl (C=O) groups is 3. The molecule has 1 aliphatic rings. The summed E-state index contributed by atoms with van der Waals surface area (Å²) in [4.78, 5) is 41.3. The van der Waals surface area contributed by atoms with E-state index in [1.54, 1.807) is 21.9 Å². The number of nitrogens with zero attached hydrogens (tertiary/aromatic N) is 2. The molecule has 43 heavy (non-hydrogen) atoms. The van der Waals surface area contributed by atoms with Crippen molar-refractivity contribution in [3.63, 3.8) is 0 Å². The summed E-state index contributed by atoms with van der Waals surface area (Å²) in [6.07, 6.45) is 1.41. The lowest BCUT2D eigenvalue weighted by Crippen LogP contribution is -2.50. The Labute approximate surface area is 250 Å². The molecule has 1 saturated heterocycles. The molecule has 2 atom stereocenters. The van der Waals surface area contributed by atoms with Gasteiger partial charge in [-0.25, -0.2) is 8.78 Å². The Morgan fingerprint density at radius 1 is 0.930 bits per heavy atom. The van der Waals surface area contributed by atoms with Crippen molar-refractivity contribution in [1.29, 1.82) is 0 Å². The number of hydrogen-bond donors (Lipinski definition) is 2. The van der Waals surface area contributed by atoms with Gasteiger partial charge in [-0.3, -0.25) is 14.4 Å². The Bertz CT molecular complexity index is 1360. The Morgan fingerprint density at radius 3 is 2.30 bits per heavy atom. The predicted molar refractivity (Wildman–Crippen MR) is 156 cm³/mol. The minimum absolute atomic E-state index is 0.0563. The first-order chi connectivity index (χ1) is 20.7. The number of nitrogens with two attached hydrogens (primary N) is 1. The number of nitrogens with one attached hydrogen (secondary N) is 1. The molecule has 0 saturated carbocycles. The van der Waals surface area contributed by atoms with Crippen LogP contribution < -0.4 is 11.1 Å². The first kappa shape index (κ1) is 31.8. The molecule has 1 aromatic heterocycles. The van der Waals surface area contributed by atoms with Crippen LogP contribution in [0.15, 0.2) is 65.3 Å². The molecule has 2 aromatic carbocycles. The molecule has 3 N–H and O–H groups in total. The van der Waals surface area contributed by atoms with E-state index >= 15 is 0 Å². The highest BCUT2D eigenvalue weighted by molar-refractivity contribution is 5.91. The van der Waals surface area contributed by atoms with Crippen LogP contribution in [0.2, 0.25) is 0 Å². The summed E-state index contributed by atoms with van der Waals surface area (Å²) in [5.41, 5.74) is 9.00. The number of aryl methyl sites for hydroxylation is 1. The van der Waals surface area contributed by atoms with E-state index in [-0.39, 0.29) is 43.4 Å². The van der Waals surface area contributed by atoms with Crippen molar-refractivity contribution in [2.75, 3.05) is 32.7 Å². The molecule has 0 radical (unpaired) electrons. The van der Waals surface area contributed by atoms with Crippen LogP contribution in [0.5, 0.6) is 0 Å². The van der Waals surface area contributed by atoms with Gasteiger partial charge in [0.1, 0.15) is 17.7 Å². The Hall–Kier alpha value is -4.09. The SMILES string of the molecule is CCc1cccc(CNC[C@@H](OC(=O)CCC(=O)N2CCN(C(=O)c3ccco3)CC2)[C@@H](N)Cc2cc(F)cc(F)c2)c1. The van der Waals surface area contributed by atoms with Crippen molar-refractivity contribution in [3.8, 4) is 0 Å². The highest BCUT2D eigenvalue weighted by Crippen LogP contribution is 2.15. The van der Waals surface area contributed by atoms with Gasteiger partial charge < -0.3 is 30.0 Å². The van der Waals surface area contributed by atoms with Gasteiger partial charge in [0.05, 0.1) is 12.7 Å². The van der Waals surface area contributed by atoms with E-state index in [0.29, 0.717) is 38.3 Å². The molecule has 1 fully saturated rings. The molecule has 4 rings (SSSR count). The fraction of sp³-hybridized carbons (Fsp3) is 0.406. The number of piperazine rings is 1. The number of hydrogen-bond acceptors (Lipinski definition) is 7. The quantitative estimate of drug-likeness (QED) is 0.290. The van der Waals surface area contributed by atoms with Crippen LogP contribution in [0.1, 0.15) is 47.0 Å². The van der Waals surface area contributed by atoms with Gasteiger partial charge in [0.2, 0.25) is 5.91 Å². The Morgan fingerprint density at radius 2 is 1.63 bits per heavy atom. The molecule has 0 aliphatic carbocycles. The highest BCUT2D eigenvalue weighted by Gasteiger charge is 2.27. The van der Waals surface area contributed by atoms with E-state index in [4.69, 9.17) is 14.9 Å². The average molecular weight is 597 g/mol. The lowest BCUT2D eigenvalue weighted by molar-refractivity contribution is -0.152. The number of rotatable bonds is 13. The van der Waals surface area contributed by atoms with Crippen molar-refractivity contribution in [2.45, 2.75) is 51.3 Å². The van der Waals surface area contributed by atoms with E-state index in [1.165, 1.54) is 24.0 Å². The zero-order valence-electron chi connectivity index (χ0n) is 24.3. The molecule has 2 heterocycles. The molecule has 0 spiro atoms. The van der Waals surface area contributed by atoms with Crippen LogP contribution in [0, 0.1) is 11.6 Å². The second kappa shape index (κ2) is 15.4. The monoisotopic (exact) mass is 596 g/mol. The summed E-state index contributed by atoms with van der Waals surface area (Å²) >= 11 is 0. The zero-order chi connectivity index (χ0) is 30.8. The number of furan rings is 1. The highest BCUT2D eigenvalue weighted by atomic mass is 19.1. The van der Waals surface area contributed by atoms with Crippen molar-refractivity contribution in [2.24, 2.45) is 5.73 Å². The summed E-state index contributed by atoms with van der Waals surface area (Å²) in [5.74, 6) is -2.21.